The van der Waals surface area contributed by atoms with Crippen LogP contribution in [-0.2, 0) is 19.1 Å². The highest BCUT2D eigenvalue weighted by atomic mass is 19.4. The molecular formula is C25H19F4N3O3. The van der Waals surface area contributed by atoms with Crippen molar-refractivity contribution in [3.8, 4) is 0 Å². The third kappa shape index (κ3) is 5.48. The van der Waals surface area contributed by atoms with Gasteiger partial charge in [0.25, 0.3) is 5.91 Å². The summed E-state index contributed by atoms with van der Waals surface area (Å²) in [5, 5.41) is 11.9. The molecule has 1 aromatic heterocycles. The molecule has 1 amide bonds. The van der Waals surface area contributed by atoms with Gasteiger partial charge in [0.2, 0.25) is 0 Å². The molecule has 35 heavy (non-hydrogen) atoms. The Kier molecular flexibility index (Phi) is 6.54. The number of hydrogen-bond donors (Lipinski definition) is 2. The predicted octanol–water partition coefficient (Wildman–Crippen LogP) is 4.91. The number of aromatic carboxylic acids is 1. The van der Waals surface area contributed by atoms with Crippen molar-refractivity contribution in [2.75, 3.05) is 6.54 Å². The maximum absolute atomic E-state index is 13.4. The summed E-state index contributed by atoms with van der Waals surface area (Å²) in [6.07, 6.45) is -4.29. The van der Waals surface area contributed by atoms with E-state index in [1.807, 2.05) is 0 Å². The van der Waals surface area contributed by atoms with Crippen molar-refractivity contribution in [3.05, 3.63) is 101 Å². The second-order valence-electron chi connectivity index (χ2n) is 7.84. The van der Waals surface area contributed by atoms with Gasteiger partial charge in [0.1, 0.15) is 11.6 Å². The Morgan fingerprint density at radius 3 is 2.46 bits per heavy atom. The molecule has 1 heterocycles. The number of halogens is 4. The van der Waals surface area contributed by atoms with Crippen LogP contribution in [0.25, 0.3) is 11.0 Å². The first-order valence-corrected chi connectivity index (χ1v) is 10.5. The third-order valence-electron chi connectivity index (χ3n) is 5.39. The fourth-order valence-electron chi connectivity index (χ4n) is 3.73. The van der Waals surface area contributed by atoms with Gasteiger partial charge in [0, 0.05) is 25.1 Å². The number of nitrogens with zero attached hydrogens (tertiary/aromatic N) is 2. The van der Waals surface area contributed by atoms with Gasteiger partial charge in [-0.15, -0.1) is 0 Å². The SMILES string of the molecule is O=C(O)c1ccc2c(c1)nc(CCNC(=O)c1cccc(F)c1)n2Cc1cccc(C(F)(F)F)c1. The molecule has 3 aromatic carbocycles. The number of rotatable bonds is 7. The molecule has 0 aliphatic rings. The van der Waals surface area contributed by atoms with Gasteiger partial charge in [0.05, 0.1) is 22.2 Å². The number of aromatic nitrogens is 2. The minimum atomic E-state index is -4.49. The van der Waals surface area contributed by atoms with E-state index in [0.717, 1.165) is 18.2 Å². The van der Waals surface area contributed by atoms with Gasteiger partial charge in [-0.2, -0.15) is 13.2 Å². The number of carboxylic acids is 1. The molecule has 4 rings (SSSR count). The summed E-state index contributed by atoms with van der Waals surface area (Å²) >= 11 is 0. The summed E-state index contributed by atoms with van der Waals surface area (Å²) in [6.45, 7) is 0.174. The lowest BCUT2D eigenvalue weighted by atomic mass is 10.1. The van der Waals surface area contributed by atoms with E-state index < -0.39 is 29.4 Å². The number of carbonyl (C=O) groups is 2. The monoisotopic (exact) mass is 485 g/mol. The fourth-order valence-corrected chi connectivity index (χ4v) is 3.73. The van der Waals surface area contributed by atoms with Crippen LogP contribution in [0, 0.1) is 5.82 Å². The lowest BCUT2D eigenvalue weighted by Gasteiger charge is -2.12. The molecule has 0 aliphatic carbocycles. The van der Waals surface area contributed by atoms with Crippen LogP contribution in [0.4, 0.5) is 17.6 Å². The zero-order chi connectivity index (χ0) is 25.2. The molecule has 180 valence electrons. The molecule has 2 N–H and O–H groups in total. The van der Waals surface area contributed by atoms with Crippen molar-refractivity contribution in [2.45, 2.75) is 19.1 Å². The zero-order valence-electron chi connectivity index (χ0n) is 18.1. The van der Waals surface area contributed by atoms with E-state index in [1.165, 1.54) is 36.4 Å². The summed E-state index contributed by atoms with van der Waals surface area (Å²) in [5.74, 6) is -1.73. The minimum Gasteiger partial charge on any atom is -0.478 e. The van der Waals surface area contributed by atoms with Gasteiger partial charge in [0.15, 0.2) is 0 Å². The number of fused-ring (bicyclic) bond motifs is 1. The maximum Gasteiger partial charge on any atom is 0.416 e. The largest absolute Gasteiger partial charge is 0.478 e. The molecule has 0 aliphatic heterocycles. The van der Waals surface area contributed by atoms with Crippen LogP contribution in [0.1, 0.15) is 37.7 Å². The molecule has 0 fully saturated rings. The molecule has 10 heteroatoms. The Balaban J connectivity index is 1.62. The Morgan fingerprint density at radius 2 is 1.74 bits per heavy atom. The number of alkyl halides is 3. The summed E-state index contributed by atoms with van der Waals surface area (Å²) in [7, 11) is 0. The van der Waals surface area contributed by atoms with E-state index in [4.69, 9.17) is 0 Å². The van der Waals surface area contributed by atoms with Gasteiger partial charge in [-0.1, -0.05) is 18.2 Å². The van der Waals surface area contributed by atoms with Crippen LogP contribution >= 0.6 is 0 Å². The Bertz CT molecular complexity index is 1410. The summed E-state index contributed by atoms with van der Waals surface area (Å²) in [6, 6.07) is 14.4. The first kappa shape index (κ1) is 23.9. The highest BCUT2D eigenvalue weighted by Crippen LogP contribution is 2.30. The number of carboxylic acid groups (broad SMARTS) is 1. The van der Waals surface area contributed by atoms with Crippen molar-refractivity contribution in [3.63, 3.8) is 0 Å². The standard InChI is InChI=1S/C25H19F4N3O3/c26-19-6-2-4-16(12-19)23(33)30-10-9-22-31-20-13-17(24(34)35)7-8-21(20)32(22)14-15-3-1-5-18(11-15)25(27,28)29/h1-8,11-13H,9-10,14H2,(H,30,33)(H,34,35). The summed E-state index contributed by atoms with van der Waals surface area (Å²) < 4.78 is 54.6. The fraction of sp³-hybridized carbons (Fsp3) is 0.160. The molecule has 0 spiro atoms. The van der Waals surface area contributed by atoms with Crippen LogP contribution in [0.15, 0.2) is 66.7 Å². The van der Waals surface area contributed by atoms with E-state index in [9.17, 15) is 32.3 Å². The molecule has 0 saturated heterocycles. The zero-order valence-corrected chi connectivity index (χ0v) is 18.1. The first-order chi connectivity index (χ1) is 16.6. The third-order valence-corrected chi connectivity index (χ3v) is 5.39. The van der Waals surface area contributed by atoms with Crippen LogP contribution in [0.5, 0.6) is 0 Å². The van der Waals surface area contributed by atoms with Crippen LogP contribution in [0.2, 0.25) is 0 Å². The number of amides is 1. The van der Waals surface area contributed by atoms with Gasteiger partial charge in [-0.25, -0.2) is 14.2 Å². The van der Waals surface area contributed by atoms with E-state index in [0.29, 0.717) is 22.4 Å². The van der Waals surface area contributed by atoms with Gasteiger partial charge >= 0.3 is 12.1 Å². The molecule has 0 saturated carbocycles. The molecule has 0 bridgehead atoms. The Hall–Kier alpha value is -4.21. The average molecular weight is 485 g/mol. The van der Waals surface area contributed by atoms with E-state index in [-0.39, 0.29) is 30.6 Å². The van der Waals surface area contributed by atoms with Crippen molar-refractivity contribution in [2.24, 2.45) is 0 Å². The van der Waals surface area contributed by atoms with E-state index >= 15 is 0 Å². The van der Waals surface area contributed by atoms with Crippen LogP contribution < -0.4 is 5.32 Å². The van der Waals surface area contributed by atoms with Crippen molar-refractivity contribution in [1.29, 1.82) is 0 Å². The predicted molar refractivity (Wildman–Crippen MR) is 120 cm³/mol. The van der Waals surface area contributed by atoms with Crippen molar-refractivity contribution < 1.29 is 32.3 Å². The van der Waals surface area contributed by atoms with Gasteiger partial charge in [-0.05, 0) is 54.1 Å². The van der Waals surface area contributed by atoms with E-state index in [1.54, 1.807) is 16.7 Å². The lowest BCUT2D eigenvalue weighted by Crippen LogP contribution is -2.26. The number of carbonyl (C=O) groups excluding carboxylic acids is 1. The molecule has 0 radical (unpaired) electrons. The minimum absolute atomic E-state index is 0.0205. The lowest BCUT2D eigenvalue weighted by molar-refractivity contribution is -0.137. The van der Waals surface area contributed by atoms with Crippen LogP contribution in [-0.4, -0.2) is 33.1 Å². The Labute approximate surface area is 196 Å². The maximum atomic E-state index is 13.4. The van der Waals surface area contributed by atoms with Gasteiger partial charge < -0.3 is 15.0 Å². The highest BCUT2D eigenvalue weighted by Gasteiger charge is 2.30. The van der Waals surface area contributed by atoms with Gasteiger partial charge in [-0.3, -0.25) is 4.79 Å². The molecule has 4 aromatic rings. The summed E-state index contributed by atoms with van der Waals surface area (Å²) in [4.78, 5) is 28.1. The normalized spacial score (nSPS) is 11.5. The van der Waals surface area contributed by atoms with E-state index in [2.05, 4.69) is 10.3 Å². The topological polar surface area (TPSA) is 84.2 Å². The molecule has 0 atom stereocenters. The van der Waals surface area contributed by atoms with Crippen molar-refractivity contribution >= 4 is 22.9 Å². The number of imidazole rings is 1. The second kappa shape index (κ2) is 9.57. The highest BCUT2D eigenvalue weighted by molar-refractivity contribution is 5.94. The average Bonchev–Trinajstić information content (AvgIpc) is 3.15. The quantitative estimate of drug-likeness (QED) is 0.364. The summed E-state index contributed by atoms with van der Waals surface area (Å²) in [5.41, 5.74) is 0.672. The molecule has 6 nitrogen and oxygen atoms in total. The Morgan fingerprint density at radius 1 is 0.971 bits per heavy atom. The number of nitrogens with one attached hydrogen (secondary N) is 1. The second-order valence-corrected chi connectivity index (χ2v) is 7.84. The number of hydrogen-bond acceptors (Lipinski definition) is 3. The first-order valence-electron chi connectivity index (χ1n) is 10.5. The molecule has 0 unspecified atom stereocenters. The molecular weight excluding hydrogens is 466 g/mol. The van der Waals surface area contributed by atoms with Crippen molar-refractivity contribution in [1.82, 2.24) is 14.9 Å². The van der Waals surface area contributed by atoms with Crippen LogP contribution in [0.3, 0.4) is 0 Å². The smallest absolute Gasteiger partial charge is 0.416 e. The number of benzene rings is 3.